The Balaban J connectivity index is 1.57. The van der Waals surface area contributed by atoms with Gasteiger partial charge in [0.25, 0.3) is 17.7 Å². The molecule has 2 aromatic rings. The van der Waals surface area contributed by atoms with Gasteiger partial charge < -0.3 is 9.64 Å². The van der Waals surface area contributed by atoms with Gasteiger partial charge in [-0.1, -0.05) is 25.3 Å². The van der Waals surface area contributed by atoms with Crippen LogP contribution >= 0.6 is 0 Å². The number of hydrogen-bond donors (Lipinski definition) is 0. The molecule has 1 aromatic carbocycles. The van der Waals surface area contributed by atoms with E-state index in [1.165, 1.54) is 4.90 Å². The van der Waals surface area contributed by atoms with Crippen LogP contribution in [-0.4, -0.2) is 58.8 Å². The van der Waals surface area contributed by atoms with Crippen molar-refractivity contribution in [2.45, 2.75) is 44.7 Å². The molecule has 4 rings (SSSR count). The van der Waals surface area contributed by atoms with E-state index in [0.29, 0.717) is 36.4 Å². The number of benzene rings is 1. The number of pyridine rings is 1. The maximum atomic E-state index is 13.3. The van der Waals surface area contributed by atoms with Crippen molar-refractivity contribution in [1.29, 1.82) is 0 Å². The molecule has 0 spiro atoms. The van der Waals surface area contributed by atoms with Crippen molar-refractivity contribution in [3.8, 4) is 0 Å². The van der Waals surface area contributed by atoms with Crippen LogP contribution in [0.4, 0.5) is 0 Å². The molecular weight excluding hydrogens is 394 g/mol. The summed E-state index contributed by atoms with van der Waals surface area (Å²) in [5.74, 6) is -0.743. The highest BCUT2D eigenvalue weighted by atomic mass is 16.5. The van der Waals surface area contributed by atoms with E-state index in [2.05, 4.69) is 4.98 Å². The monoisotopic (exact) mass is 421 g/mol. The molecule has 3 amide bonds. The fourth-order valence-electron chi connectivity index (χ4n) is 4.39. The Morgan fingerprint density at radius 1 is 1.10 bits per heavy atom. The van der Waals surface area contributed by atoms with Crippen molar-refractivity contribution >= 4 is 17.7 Å². The van der Waals surface area contributed by atoms with Gasteiger partial charge in [-0.15, -0.1) is 0 Å². The number of amides is 3. The number of fused-ring (bicyclic) bond motifs is 1. The number of methoxy groups -OCH3 is 1. The molecule has 7 nitrogen and oxygen atoms in total. The molecule has 2 heterocycles. The predicted molar refractivity (Wildman–Crippen MR) is 115 cm³/mol. The van der Waals surface area contributed by atoms with E-state index in [9.17, 15) is 14.4 Å². The first kappa shape index (κ1) is 21.2. The third-order valence-electron chi connectivity index (χ3n) is 6.04. The lowest BCUT2D eigenvalue weighted by molar-refractivity contribution is 0.0548. The molecule has 2 aliphatic rings. The molecule has 1 aliphatic heterocycles. The van der Waals surface area contributed by atoms with Crippen molar-refractivity contribution in [2.75, 3.05) is 20.3 Å². The molecule has 1 fully saturated rings. The lowest BCUT2D eigenvalue weighted by Gasteiger charge is -2.29. The first-order valence-electron chi connectivity index (χ1n) is 10.8. The van der Waals surface area contributed by atoms with Crippen LogP contribution in [0.3, 0.4) is 0 Å². The van der Waals surface area contributed by atoms with Crippen molar-refractivity contribution in [3.05, 3.63) is 65.0 Å². The highest BCUT2D eigenvalue weighted by Crippen LogP contribution is 2.31. The Labute approximate surface area is 182 Å². The van der Waals surface area contributed by atoms with Crippen LogP contribution in [0.5, 0.6) is 0 Å². The average molecular weight is 421 g/mol. The molecule has 31 heavy (non-hydrogen) atoms. The molecule has 1 aromatic heterocycles. The van der Waals surface area contributed by atoms with E-state index in [0.717, 1.165) is 37.8 Å². The van der Waals surface area contributed by atoms with Crippen LogP contribution in [-0.2, 0) is 11.3 Å². The van der Waals surface area contributed by atoms with E-state index in [4.69, 9.17) is 4.74 Å². The zero-order valence-electron chi connectivity index (χ0n) is 17.8. The Kier molecular flexibility index (Phi) is 6.42. The highest BCUT2D eigenvalue weighted by molar-refractivity contribution is 6.22. The summed E-state index contributed by atoms with van der Waals surface area (Å²) in [6.07, 6.45) is 6.60. The second kappa shape index (κ2) is 9.39. The van der Waals surface area contributed by atoms with Gasteiger partial charge in [-0.2, -0.15) is 0 Å². The summed E-state index contributed by atoms with van der Waals surface area (Å²) in [6, 6.07) is 10.3. The standard InChI is InChI=1S/C24H27N3O4/c1-31-14-13-26(16-18-7-5-6-12-25-18)22(28)17-10-11-20-21(15-17)24(30)27(23(20)29)19-8-3-2-4-9-19/h5-7,10-12,15,19H,2-4,8-9,13-14,16H2,1H3. The average Bonchev–Trinajstić information content (AvgIpc) is 3.06. The number of hydrogen-bond acceptors (Lipinski definition) is 5. The van der Waals surface area contributed by atoms with Gasteiger partial charge >= 0.3 is 0 Å². The van der Waals surface area contributed by atoms with Crippen LogP contribution in [0.2, 0.25) is 0 Å². The molecule has 0 atom stereocenters. The molecule has 0 N–H and O–H groups in total. The van der Waals surface area contributed by atoms with Crippen LogP contribution in [0, 0.1) is 0 Å². The lowest BCUT2D eigenvalue weighted by Crippen LogP contribution is -2.40. The van der Waals surface area contributed by atoms with Gasteiger partial charge in [0, 0.05) is 31.5 Å². The maximum Gasteiger partial charge on any atom is 0.261 e. The minimum absolute atomic E-state index is 0.0392. The van der Waals surface area contributed by atoms with Crippen molar-refractivity contribution < 1.29 is 19.1 Å². The van der Waals surface area contributed by atoms with Gasteiger partial charge in [0.15, 0.2) is 0 Å². The van der Waals surface area contributed by atoms with E-state index >= 15 is 0 Å². The molecule has 1 saturated carbocycles. The number of carbonyl (C=O) groups excluding carboxylic acids is 3. The van der Waals surface area contributed by atoms with E-state index in [-0.39, 0.29) is 23.8 Å². The Hall–Kier alpha value is -3.06. The molecule has 0 radical (unpaired) electrons. The zero-order chi connectivity index (χ0) is 21.8. The maximum absolute atomic E-state index is 13.3. The highest BCUT2D eigenvalue weighted by Gasteiger charge is 2.40. The summed E-state index contributed by atoms with van der Waals surface area (Å²) >= 11 is 0. The van der Waals surface area contributed by atoms with Crippen LogP contribution in [0.1, 0.15) is 68.9 Å². The molecule has 7 heteroatoms. The smallest absolute Gasteiger partial charge is 0.261 e. The number of rotatable bonds is 7. The van der Waals surface area contributed by atoms with Gasteiger partial charge in [-0.05, 0) is 43.2 Å². The van der Waals surface area contributed by atoms with Gasteiger partial charge in [0.1, 0.15) is 0 Å². The van der Waals surface area contributed by atoms with Gasteiger partial charge in [-0.25, -0.2) is 0 Å². The minimum atomic E-state index is -0.283. The molecule has 0 saturated heterocycles. The normalized spacial score (nSPS) is 16.5. The summed E-state index contributed by atoms with van der Waals surface area (Å²) in [7, 11) is 1.59. The SMILES string of the molecule is COCCN(Cc1ccccn1)C(=O)c1ccc2c(c1)C(=O)N(C1CCCCC1)C2=O. The first-order chi connectivity index (χ1) is 15.1. The Bertz CT molecular complexity index is 970. The molecule has 162 valence electrons. The topological polar surface area (TPSA) is 79.8 Å². The molecular formula is C24H27N3O4. The number of ether oxygens (including phenoxy) is 1. The van der Waals surface area contributed by atoms with Crippen LogP contribution in [0.15, 0.2) is 42.6 Å². The van der Waals surface area contributed by atoms with Crippen molar-refractivity contribution in [3.63, 3.8) is 0 Å². The van der Waals surface area contributed by atoms with Gasteiger partial charge in [0.05, 0.1) is 30.0 Å². The fraction of sp³-hybridized carbons (Fsp3) is 0.417. The predicted octanol–water partition coefficient (Wildman–Crippen LogP) is 3.30. The van der Waals surface area contributed by atoms with Crippen molar-refractivity contribution in [1.82, 2.24) is 14.8 Å². The minimum Gasteiger partial charge on any atom is -0.383 e. The quantitative estimate of drug-likeness (QED) is 0.641. The summed E-state index contributed by atoms with van der Waals surface area (Å²) in [6.45, 7) is 1.11. The van der Waals surface area contributed by atoms with E-state index < -0.39 is 0 Å². The van der Waals surface area contributed by atoms with Gasteiger partial charge in [-0.3, -0.25) is 24.3 Å². The lowest BCUT2D eigenvalue weighted by atomic mass is 9.94. The number of nitrogens with zero attached hydrogens (tertiary/aromatic N) is 3. The molecule has 0 unspecified atom stereocenters. The Morgan fingerprint density at radius 3 is 2.58 bits per heavy atom. The van der Waals surface area contributed by atoms with Crippen molar-refractivity contribution in [2.24, 2.45) is 0 Å². The van der Waals surface area contributed by atoms with Crippen LogP contribution in [0.25, 0.3) is 0 Å². The van der Waals surface area contributed by atoms with Gasteiger partial charge in [0.2, 0.25) is 0 Å². The summed E-state index contributed by atoms with van der Waals surface area (Å²) in [4.78, 5) is 46.6. The van der Waals surface area contributed by atoms with Crippen LogP contribution < -0.4 is 0 Å². The third kappa shape index (κ3) is 4.37. The zero-order valence-corrected chi connectivity index (χ0v) is 17.8. The second-order valence-electron chi connectivity index (χ2n) is 8.07. The summed E-state index contributed by atoms with van der Waals surface area (Å²) < 4.78 is 5.16. The Morgan fingerprint density at radius 2 is 1.87 bits per heavy atom. The largest absolute Gasteiger partial charge is 0.383 e. The summed E-state index contributed by atoms with van der Waals surface area (Å²) in [5, 5.41) is 0. The molecule has 0 bridgehead atoms. The third-order valence-corrected chi connectivity index (χ3v) is 6.04. The molecule has 1 aliphatic carbocycles. The summed E-state index contributed by atoms with van der Waals surface area (Å²) in [5.41, 5.74) is 1.87. The van der Waals surface area contributed by atoms with E-state index in [1.54, 1.807) is 36.4 Å². The fourth-order valence-corrected chi connectivity index (χ4v) is 4.39. The first-order valence-corrected chi connectivity index (χ1v) is 10.8. The number of aromatic nitrogens is 1. The van der Waals surface area contributed by atoms with E-state index in [1.807, 2.05) is 18.2 Å². The number of imide groups is 1. The second-order valence-corrected chi connectivity index (χ2v) is 8.07. The number of carbonyl (C=O) groups is 3.